The van der Waals surface area contributed by atoms with Crippen molar-refractivity contribution < 1.29 is 14.3 Å². The van der Waals surface area contributed by atoms with Gasteiger partial charge in [-0.05, 0) is 29.8 Å². The molecule has 28 heavy (non-hydrogen) atoms. The van der Waals surface area contributed by atoms with Crippen LogP contribution in [0.5, 0.6) is 5.75 Å². The molecule has 1 aliphatic rings. The van der Waals surface area contributed by atoms with Crippen LogP contribution in [0.25, 0.3) is 0 Å². The van der Waals surface area contributed by atoms with Gasteiger partial charge in [0.15, 0.2) is 6.10 Å². The Labute approximate surface area is 163 Å². The molecule has 5 heteroatoms. The van der Waals surface area contributed by atoms with Crippen LogP contribution in [-0.2, 0) is 16.1 Å². The number of amides is 2. The maximum atomic E-state index is 13.1. The molecule has 0 spiro atoms. The highest BCUT2D eigenvalue weighted by atomic mass is 16.5. The molecule has 1 heterocycles. The van der Waals surface area contributed by atoms with E-state index in [0.29, 0.717) is 18.0 Å². The van der Waals surface area contributed by atoms with Crippen LogP contribution in [0, 0.1) is 0 Å². The van der Waals surface area contributed by atoms with Crippen molar-refractivity contribution in [2.45, 2.75) is 19.1 Å². The minimum atomic E-state index is -0.857. The van der Waals surface area contributed by atoms with Crippen LogP contribution in [0.15, 0.2) is 84.9 Å². The predicted octanol–water partition coefficient (Wildman–Crippen LogP) is 4.01. The first-order chi connectivity index (χ1) is 13.7. The number of ether oxygens (including phenoxy) is 1. The summed E-state index contributed by atoms with van der Waals surface area (Å²) in [5, 5.41) is 2.81. The van der Waals surface area contributed by atoms with Crippen LogP contribution >= 0.6 is 0 Å². The Morgan fingerprint density at radius 1 is 0.893 bits per heavy atom. The number of para-hydroxylation sites is 3. The molecule has 1 N–H and O–H groups in total. The van der Waals surface area contributed by atoms with Gasteiger partial charge in [-0.15, -0.1) is 0 Å². The Bertz CT molecular complexity index is 973. The van der Waals surface area contributed by atoms with Crippen molar-refractivity contribution in [3.63, 3.8) is 0 Å². The van der Waals surface area contributed by atoms with E-state index in [4.69, 9.17) is 4.74 Å². The number of carbonyl (C=O) groups excluding carboxylic acids is 2. The van der Waals surface area contributed by atoms with Gasteiger partial charge in [-0.3, -0.25) is 9.59 Å². The molecular formula is C23H20N2O3. The van der Waals surface area contributed by atoms with Crippen LogP contribution in [0.1, 0.15) is 12.0 Å². The summed E-state index contributed by atoms with van der Waals surface area (Å²) in [7, 11) is 0. The van der Waals surface area contributed by atoms with Gasteiger partial charge in [0.2, 0.25) is 5.91 Å². The molecule has 2 amide bonds. The second-order valence-corrected chi connectivity index (χ2v) is 6.60. The SMILES string of the molecule is O=C1Nc2ccccc2OC1CC(=O)N(Cc1ccccc1)c1ccccc1. The molecule has 1 atom stereocenters. The standard InChI is InChI=1S/C23H20N2O3/c26-22(15-21-23(27)24-19-13-7-8-14-20(19)28-21)25(18-11-5-2-6-12-18)16-17-9-3-1-4-10-17/h1-14,21H,15-16H2,(H,24,27). The molecule has 0 bridgehead atoms. The Balaban J connectivity index is 1.55. The average Bonchev–Trinajstić information content (AvgIpc) is 2.74. The number of benzene rings is 3. The lowest BCUT2D eigenvalue weighted by Gasteiger charge is -2.28. The van der Waals surface area contributed by atoms with Crippen molar-refractivity contribution >= 4 is 23.2 Å². The molecule has 3 aromatic carbocycles. The van der Waals surface area contributed by atoms with Crippen LogP contribution < -0.4 is 15.0 Å². The molecule has 0 aliphatic carbocycles. The lowest BCUT2D eigenvalue weighted by molar-refractivity contribution is -0.129. The molecule has 0 saturated heterocycles. The molecule has 0 saturated carbocycles. The van der Waals surface area contributed by atoms with Gasteiger partial charge in [-0.2, -0.15) is 0 Å². The molecule has 0 radical (unpaired) electrons. The summed E-state index contributed by atoms with van der Waals surface area (Å²) in [6.07, 6.45) is -0.897. The highest BCUT2D eigenvalue weighted by Gasteiger charge is 2.31. The normalized spacial score (nSPS) is 15.1. The Morgan fingerprint density at radius 2 is 1.54 bits per heavy atom. The summed E-state index contributed by atoms with van der Waals surface area (Å²) in [5.41, 5.74) is 2.42. The van der Waals surface area contributed by atoms with Gasteiger partial charge in [0, 0.05) is 5.69 Å². The molecule has 0 fully saturated rings. The topological polar surface area (TPSA) is 58.6 Å². The number of carbonyl (C=O) groups is 2. The zero-order valence-corrected chi connectivity index (χ0v) is 15.2. The van der Waals surface area contributed by atoms with Crippen LogP contribution in [-0.4, -0.2) is 17.9 Å². The van der Waals surface area contributed by atoms with Crippen molar-refractivity contribution in [3.05, 3.63) is 90.5 Å². The van der Waals surface area contributed by atoms with E-state index in [-0.39, 0.29) is 18.2 Å². The van der Waals surface area contributed by atoms with Gasteiger partial charge in [-0.1, -0.05) is 60.7 Å². The fourth-order valence-electron chi connectivity index (χ4n) is 3.19. The first-order valence-corrected chi connectivity index (χ1v) is 9.16. The number of rotatable bonds is 5. The third-order valence-electron chi connectivity index (χ3n) is 4.62. The van der Waals surface area contributed by atoms with Crippen molar-refractivity contribution in [2.75, 3.05) is 10.2 Å². The van der Waals surface area contributed by atoms with E-state index >= 15 is 0 Å². The van der Waals surface area contributed by atoms with Crippen molar-refractivity contribution in [2.24, 2.45) is 0 Å². The molecule has 1 aliphatic heterocycles. The number of nitrogens with zero attached hydrogens (tertiary/aromatic N) is 1. The van der Waals surface area contributed by atoms with Gasteiger partial charge >= 0.3 is 0 Å². The van der Waals surface area contributed by atoms with E-state index in [1.165, 1.54) is 0 Å². The summed E-state index contributed by atoms with van der Waals surface area (Å²) in [5.74, 6) is 0.101. The molecule has 4 rings (SSSR count). The van der Waals surface area contributed by atoms with E-state index in [9.17, 15) is 9.59 Å². The first-order valence-electron chi connectivity index (χ1n) is 9.16. The van der Waals surface area contributed by atoms with Gasteiger partial charge in [0.1, 0.15) is 5.75 Å². The van der Waals surface area contributed by atoms with Gasteiger partial charge in [0.25, 0.3) is 5.91 Å². The maximum Gasteiger partial charge on any atom is 0.266 e. The second-order valence-electron chi connectivity index (χ2n) is 6.60. The number of hydrogen-bond donors (Lipinski definition) is 1. The quantitative estimate of drug-likeness (QED) is 0.736. The molecule has 140 valence electrons. The fraction of sp³-hybridized carbons (Fsp3) is 0.130. The largest absolute Gasteiger partial charge is 0.478 e. The Kier molecular flexibility index (Phi) is 5.06. The number of hydrogen-bond acceptors (Lipinski definition) is 3. The van der Waals surface area contributed by atoms with Crippen molar-refractivity contribution in [3.8, 4) is 5.75 Å². The summed E-state index contributed by atoms with van der Waals surface area (Å²) in [6.45, 7) is 0.425. The van der Waals surface area contributed by atoms with Crippen LogP contribution in [0.2, 0.25) is 0 Å². The van der Waals surface area contributed by atoms with E-state index in [1.807, 2.05) is 72.8 Å². The first kappa shape index (κ1) is 17.8. The Morgan fingerprint density at radius 3 is 2.29 bits per heavy atom. The van der Waals surface area contributed by atoms with E-state index in [0.717, 1.165) is 11.3 Å². The number of nitrogens with one attached hydrogen (secondary N) is 1. The minimum Gasteiger partial charge on any atom is -0.478 e. The average molecular weight is 372 g/mol. The lowest BCUT2D eigenvalue weighted by Crippen LogP contribution is -2.42. The smallest absolute Gasteiger partial charge is 0.266 e. The van der Waals surface area contributed by atoms with Crippen LogP contribution in [0.3, 0.4) is 0 Å². The molecule has 0 aromatic heterocycles. The van der Waals surface area contributed by atoms with Crippen molar-refractivity contribution in [1.82, 2.24) is 0 Å². The highest BCUT2D eigenvalue weighted by Crippen LogP contribution is 2.30. The Hall–Kier alpha value is -3.60. The minimum absolute atomic E-state index is 0.0398. The zero-order chi connectivity index (χ0) is 19.3. The van der Waals surface area contributed by atoms with Crippen LogP contribution in [0.4, 0.5) is 11.4 Å². The second kappa shape index (κ2) is 7.96. The van der Waals surface area contributed by atoms with E-state index < -0.39 is 6.10 Å². The number of fused-ring (bicyclic) bond motifs is 1. The number of anilines is 2. The van der Waals surface area contributed by atoms with Crippen molar-refractivity contribution in [1.29, 1.82) is 0 Å². The molecule has 5 nitrogen and oxygen atoms in total. The third kappa shape index (κ3) is 3.88. The van der Waals surface area contributed by atoms with Gasteiger partial charge in [0.05, 0.1) is 18.7 Å². The maximum absolute atomic E-state index is 13.1. The highest BCUT2D eigenvalue weighted by molar-refractivity contribution is 6.02. The molecule has 1 unspecified atom stereocenters. The third-order valence-corrected chi connectivity index (χ3v) is 4.62. The van der Waals surface area contributed by atoms with Gasteiger partial charge in [-0.25, -0.2) is 0 Å². The summed E-state index contributed by atoms with van der Waals surface area (Å²) < 4.78 is 5.79. The molecular weight excluding hydrogens is 352 g/mol. The van der Waals surface area contributed by atoms with E-state index in [2.05, 4.69) is 5.32 Å². The van der Waals surface area contributed by atoms with E-state index in [1.54, 1.807) is 17.0 Å². The van der Waals surface area contributed by atoms with Gasteiger partial charge < -0.3 is 15.0 Å². The predicted molar refractivity (Wildman–Crippen MR) is 108 cm³/mol. The summed E-state index contributed by atoms with van der Waals surface area (Å²) >= 11 is 0. The summed E-state index contributed by atoms with van der Waals surface area (Å²) in [4.78, 5) is 27.2. The summed E-state index contributed by atoms with van der Waals surface area (Å²) in [6, 6.07) is 26.5. The monoisotopic (exact) mass is 372 g/mol. The fourth-order valence-corrected chi connectivity index (χ4v) is 3.19. The lowest BCUT2D eigenvalue weighted by atomic mass is 10.1. The zero-order valence-electron chi connectivity index (χ0n) is 15.2. The molecule has 3 aromatic rings.